The van der Waals surface area contributed by atoms with Crippen molar-refractivity contribution in [3.05, 3.63) is 41.9 Å². The largest absolute Gasteiger partial charge is 0.423 e. The molecule has 0 saturated heterocycles. The molecule has 0 aliphatic carbocycles. The Bertz CT molecular complexity index is 854. The lowest BCUT2D eigenvalue weighted by atomic mass is 10.0. The van der Waals surface area contributed by atoms with Gasteiger partial charge in [0.25, 0.3) is 0 Å². The molecule has 8 heteroatoms. The van der Waals surface area contributed by atoms with E-state index in [-0.39, 0.29) is 6.03 Å². The number of hydrogen-bond acceptors (Lipinski definition) is 5. The van der Waals surface area contributed by atoms with E-state index in [1.54, 1.807) is 18.2 Å². The summed E-state index contributed by atoms with van der Waals surface area (Å²) < 4.78 is 5.17. The van der Waals surface area contributed by atoms with Crippen LogP contribution in [0.2, 0.25) is 0 Å². The summed E-state index contributed by atoms with van der Waals surface area (Å²) >= 11 is 0. The lowest BCUT2D eigenvalue weighted by molar-refractivity contribution is 0.262. The first-order valence-corrected chi connectivity index (χ1v) is 8.01. The van der Waals surface area contributed by atoms with Gasteiger partial charge in [-0.05, 0) is 37.5 Å². The first-order valence-electron chi connectivity index (χ1n) is 8.01. The maximum Gasteiger partial charge on any atom is 0.324 e. The number of carbonyl (C=O) groups excluding carboxylic acids is 1. The number of rotatable bonds is 5. The minimum Gasteiger partial charge on any atom is -0.423 e. The van der Waals surface area contributed by atoms with Crippen molar-refractivity contribution in [1.82, 2.24) is 20.4 Å². The van der Waals surface area contributed by atoms with Crippen LogP contribution in [0.3, 0.4) is 0 Å². The number of nitrogens with zero attached hydrogens (tertiary/aromatic N) is 3. The summed E-state index contributed by atoms with van der Waals surface area (Å²) in [7, 11) is 0. The zero-order chi connectivity index (χ0) is 17.8. The van der Waals surface area contributed by atoms with Gasteiger partial charge in [0.2, 0.25) is 12.3 Å². The zero-order valence-electron chi connectivity index (χ0n) is 14.3. The second kappa shape index (κ2) is 7.16. The van der Waals surface area contributed by atoms with Crippen LogP contribution in [0.25, 0.3) is 11.5 Å². The predicted octanol–water partition coefficient (Wildman–Crippen LogP) is 3.61. The minimum atomic E-state index is -0.362. The second-order valence-electron chi connectivity index (χ2n) is 6.18. The average Bonchev–Trinajstić information content (AvgIpc) is 3.20. The molecule has 3 N–H and O–H groups in total. The van der Waals surface area contributed by atoms with Gasteiger partial charge in [0.1, 0.15) is 0 Å². The van der Waals surface area contributed by atoms with Crippen molar-refractivity contribution in [2.24, 2.45) is 5.92 Å². The first kappa shape index (κ1) is 16.7. The van der Waals surface area contributed by atoms with Gasteiger partial charge in [0.15, 0.2) is 5.82 Å². The van der Waals surface area contributed by atoms with Crippen LogP contribution >= 0.6 is 0 Å². The van der Waals surface area contributed by atoms with E-state index in [0.717, 1.165) is 23.2 Å². The number of nitrogens with one attached hydrogen (secondary N) is 3. The van der Waals surface area contributed by atoms with E-state index >= 15 is 0 Å². The molecule has 0 saturated carbocycles. The molecule has 8 nitrogen and oxygen atoms in total. The third-order valence-corrected chi connectivity index (χ3v) is 3.65. The SMILES string of the molecule is Cc1[nH]nc(NC(=O)Nc2cccc(-c3nnco3)c2)c1CC(C)C. The predicted molar refractivity (Wildman–Crippen MR) is 94.2 cm³/mol. The lowest BCUT2D eigenvalue weighted by Crippen LogP contribution is -2.20. The second-order valence-corrected chi connectivity index (χ2v) is 6.18. The van der Waals surface area contributed by atoms with Gasteiger partial charge in [-0.25, -0.2) is 4.79 Å². The summed E-state index contributed by atoms with van der Waals surface area (Å²) in [5.74, 6) is 1.41. The summed E-state index contributed by atoms with van der Waals surface area (Å²) in [6.07, 6.45) is 2.10. The molecule has 0 fully saturated rings. The van der Waals surface area contributed by atoms with Crippen LogP contribution in [-0.4, -0.2) is 26.4 Å². The zero-order valence-corrected chi connectivity index (χ0v) is 14.3. The molecule has 0 unspecified atom stereocenters. The van der Waals surface area contributed by atoms with Crippen LogP contribution in [0.1, 0.15) is 25.1 Å². The normalized spacial score (nSPS) is 10.9. The van der Waals surface area contributed by atoms with Crippen LogP contribution in [0.15, 0.2) is 35.1 Å². The molecule has 3 aromatic rings. The van der Waals surface area contributed by atoms with E-state index in [9.17, 15) is 4.79 Å². The van der Waals surface area contributed by atoms with Crippen molar-refractivity contribution < 1.29 is 9.21 Å². The molecule has 2 heterocycles. The lowest BCUT2D eigenvalue weighted by Gasteiger charge is -2.09. The Balaban J connectivity index is 1.70. The molecule has 0 radical (unpaired) electrons. The Labute approximate surface area is 145 Å². The van der Waals surface area contributed by atoms with Gasteiger partial charge in [0.05, 0.1) is 0 Å². The Morgan fingerprint density at radius 3 is 2.88 bits per heavy atom. The Hall–Kier alpha value is -3.16. The van der Waals surface area contributed by atoms with Crippen molar-refractivity contribution >= 4 is 17.5 Å². The smallest absolute Gasteiger partial charge is 0.324 e. The standard InChI is InChI=1S/C17H20N6O2/c1-10(2)7-14-11(3)21-22-15(14)20-17(24)19-13-6-4-5-12(8-13)16-23-18-9-25-16/h4-6,8-10H,7H2,1-3H3,(H3,19,20,21,22,24). The maximum absolute atomic E-state index is 12.3. The van der Waals surface area contributed by atoms with Crippen LogP contribution in [0, 0.1) is 12.8 Å². The number of benzene rings is 1. The Kier molecular flexibility index (Phi) is 4.78. The molecule has 0 bridgehead atoms. The Morgan fingerprint density at radius 2 is 2.16 bits per heavy atom. The number of hydrogen-bond donors (Lipinski definition) is 3. The van der Waals surface area contributed by atoms with Gasteiger partial charge in [0, 0.05) is 22.5 Å². The molecular weight excluding hydrogens is 320 g/mol. The van der Waals surface area contributed by atoms with Crippen molar-refractivity contribution in [2.45, 2.75) is 27.2 Å². The monoisotopic (exact) mass is 340 g/mol. The van der Waals surface area contributed by atoms with Gasteiger partial charge < -0.3 is 9.73 Å². The number of anilines is 2. The fourth-order valence-corrected chi connectivity index (χ4v) is 2.51. The highest BCUT2D eigenvalue weighted by Gasteiger charge is 2.14. The molecule has 0 aliphatic heterocycles. The maximum atomic E-state index is 12.3. The highest BCUT2D eigenvalue weighted by Crippen LogP contribution is 2.22. The summed E-state index contributed by atoms with van der Waals surface area (Å²) in [6, 6.07) is 6.81. The number of aryl methyl sites for hydroxylation is 1. The number of amides is 2. The van der Waals surface area contributed by atoms with Gasteiger partial charge in [-0.1, -0.05) is 19.9 Å². The molecule has 0 aliphatic rings. The Morgan fingerprint density at radius 1 is 1.32 bits per heavy atom. The highest BCUT2D eigenvalue weighted by atomic mass is 16.4. The highest BCUT2D eigenvalue weighted by molar-refractivity contribution is 5.99. The van der Waals surface area contributed by atoms with Crippen molar-refractivity contribution in [1.29, 1.82) is 0 Å². The van der Waals surface area contributed by atoms with E-state index in [2.05, 4.69) is 44.9 Å². The third kappa shape index (κ3) is 4.03. The van der Waals surface area contributed by atoms with Crippen molar-refractivity contribution in [3.8, 4) is 11.5 Å². The van der Waals surface area contributed by atoms with Crippen molar-refractivity contribution in [3.63, 3.8) is 0 Å². The molecule has 2 aromatic heterocycles. The molecule has 130 valence electrons. The van der Waals surface area contributed by atoms with Gasteiger partial charge in [-0.3, -0.25) is 10.4 Å². The first-order chi connectivity index (χ1) is 12.0. The molecule has 25 heavy (non-hydrogen) atoms. The molecule has 0 spiro atoms. The van der Waals surface area contributed by atoms with E-state index < -0.39 is 0 Å². The van der Waals surface area contributed by atoms with Gasteiger partial charge >= 0.3 is 6.03 Å². The molecular formula is C17H20N6O2. The van der Waals surface area contributed by atoms with E-state index in [1.807, 2.05) is 13.0 Å². The van der Waals surface area contributed by atoms with Gasteiger partial charge in [-0.2, -0.15) is 5.10 Å². The molecule has 2 amide bonds. The molecule has 1 aromatic carbocycles. The van der Waals surface area contributed by atoms with Crippen molar-refractivity contribution in [2.75, 3.05) is 10.6 Å². The van der Waals surface area contributed by atoms with Crippen LogP contribution in [0.4, 0.5) is 16.3 Å². The van der Waals surface area contributed by atoms with E-state index in [0.29, 0.717) is 23.3 Å². The summed E-state index contributed by atoms with van der Waals surface area (Å²) in [5.41, 5.74) is 3.32. The van der Waals surface area contributed by atoms with Crippen LogP contribution in [-0.2, 0) is 6.42 Å². The number of aromatic nitrogens is 4. The topological polar surface area (TPSA) is 109 Å². The van der Waals surface area contributed by atoms with Gasteiger partial charge in [-0.15, -0.1) is 10.2 Å². The fraction of sp³-hybridized carbons (Fsp3) is 0.294. The summed E-state index contributed by atoms with van der Waals surface area (Å²) in [5, 5.41) is 20.2. The fourth-order valence-electron chi connectivity index (χ4n) is 2.51. The molecule has 3 rings (SSSR count). The summed E-state index contributed by atoms with van der Waals surface area (Å²) in [4.78, 5) is 12.3. The van der Waals surface area contributed by atoms with E-state index in [4.69, 9.17) is 4.42 Å². The number of aromatic amines is 1. The number of urea groups is 1. The minimum absolute atomic E-state index is 0.362. The molecule has 0 atom stereocenters. The third-order valence-electron chi connectivity index (χ3n) is 3.65. The van der Waals surface area contributed by atoms with Crippen LogP contribution < -0.4 is 10.6 Å². The summed E-state index contributed by atoms with van der Waals surface area (Å²) in [6.45, 7) is 6.19. The van der Waals surface area contributed by atoms with Crippen LogP contribution in [0.5, 0.6) is 0 Å². The number of carbonyl (C=O) groups is 1. The quantitative estimate of drug-likeness (QED) is 0.657. The number of H-pyrrole nitrogens is 1. The van der Waals surface area contributed by atoms with E-state index in [1.165, 1.54) is 6.39 Å². The average molecular weight is 340 g/mol.